The quantitative estimate of drug-likeness (QED) is 0.562. The molecule has 1 aliphatic carbocycles. The molecule has 1 aromatic heterocycles. The predicted octanol–water partition coefficient (Wildman–Crippen LogP) is 5.44. The number of hydrogen-bond acceptors (Lipinski definition) is 3. The zero-order chi connectivity index (χ0) is 21.4. The number of nitrogens with zero attached hydrogens (tertiary/aromatic N) is 1. The molecule has 8 heteroatoms. The summed E-state index contributed by atoms with van der Waals surface area (Å²) < 4.78 is 54.9. The molecule has 0 atom stereocenters. The molecule has 1 saturated carbocycles. The average molecular weight is 451 g/mol. The molecule has 1 N–H and O–H groups in total. The van der Waals surface area contributed by atoms with Crippen LogP contribution >= 0.6 is 11.6 Å². The molecule has 0 radical (unpaired) electrons. The van der Waals surface area contributed by atoms with E-state index in [2.05, 4.69) is 9.97 Å². The van der Waals surface area contributed by atoms with Gasteiger partial charge in [-0.1, -0.05) is 11.6 Å². The first-order chi connectivity index (χ1) is 14.3. The van der Waals surface area contributed by atoms with E-state index in [-0.39, 0.29) is 29.2 Å². The number of H-pyrrole nitrogens is 1. The lowest BCUT2D eigenvalue weighted by Gasteiger charge is -2.40. The van der Waals surface area contributed by atoms with Crippen LogP contribution in [0.1, 0.15) is 37.1 Å². The van der Waals surface area contributed by atoms with Crippen molar-refractivity contribution in [2.75, 3.05) is 0 Å². The van der Waals surface area contributed by atoms with E-state index in [1.165, 1.54) is 24.3 Å². The third kappa shape index (κ3) is 3.76. The zero-order valence-electron chi connectivity index (χ0n) is 16.1. The molecule has 4 nitrogen and oxygen atoms in total. The minimum atomic E-state index is -4.01. The van der Waals surface area contributed by atoms with Gasteiger partial charge in [-0.2, -0.15) is 0 Å². The molecule has 1 fully saturated rings. The normalized spacial score (nSPS) is 22.2. The fourth-order valence-corrected chi connectivity index (χ4v) is 6.69. The van der Waals surface area contributed by atoms with Gasteiger partial charge in [0.25, 0.3) is 0 Å². The van der Waals surface area contributed by atoms with Gasteiger partial charge in [-0.25, -0.2) is 22.2 Å². The van der Waals surface area contributed by atoms with E-state index in [1.54, 1.807) is 12.4 Å². The fraction of sp³-hybridized carbons (Fsp3) is 0.318. The molecular weight excluding hydrogens is 430 g/mol. The van der Waals surface area contributed by atoms with Gasteiger partial charge < -0.3 is 4.98 Å². The van der Waals surface area contributed by atoms with Crippen LogP contribution in [0.3, 0.4) is 0 Å². The van der Waals surface area contributed by atoms with Crippen LogP contribution in [-0.2, 0) is 21.0 Å². The summed E-state index contributed by atoms with van der Waals surface area (Å²) in [6, 6.07) is 8.86. The maximum atomic E-state index is 14.8. The third-order valence-corrected chi connectivity index (χ3v) is 8.81. The number of hydrogen-bond donors (Lipinski definition) is 1. The second kappa shape index (κ2) is 8.12. The Morgan fingerprint density at radius 1 is 1.10 bits per heavy atom. The number of rotatable bonds is 5. The van der Waals surface area contributed by atoms with Gasteiger partial charge in [-0.15, -0.1) is 0 Å². The van der Waals surface area contributed by atoms with E-state index in [9.17, 15) is 17.2 Å². The lowest BCUT2D eigenvalue weighted by molar-refractivity contribution is 0.282. The summed E-state index contributed by atoms with van der Waals surface area (Å²) in [6.45, 7) is 0. The molecule has 0 aliphatic heterocycles. The van der Waals surface area contributed by atoms with Crippen molar-refractivity contribution < 1.29 is 17.2 Å². The Kier molecular flexibility index (Phi) is 5.68. The Morgan fingerprint density at radius 2 is 1.80 bits per heavy atom. The van der Waals surface area contributed by atoms with Crippen molar-refractivity contribution in [1.82, 2.24) is 9.97 Å². The predicted molar refractivity (Wildman–Crippen MR) is 111 cm³/mol. The molecule has 1 heterocycles. The Labute approximate surface area is 179 Å². The van der Waals surface area contributed by atoms with Crippen LogP contribution in [0.15, 0.2) is 59.8 Å². The van der Waals surface area contributed by atoms with Gasteiger partial charge in [-0.3, -0.25) is 0 Å². The molecular formula is C22H21ClF2N2O2S. The van der Waals surface area contributed by atoms with Crippen LogP contribution in [0.25, 0.3) is 0 Å². The van der Waals surface area contributed by atoms with Gasteiger partial charge in [-0.05, 0) is 74.1 Å². The van der Waals surface area contributed by atoms with Crippen LogP contribution in [0, 0.1) is 17.6 Å². The fourth-order valence-electron chi connectivity index (χ4n) is 4.40. The van der Waals surface area contributed by atoms with Crippen molar-refractivity contribution in [2.45, 2.75) is 41.7 Å². The maximum Gasteiger partial charge on any atom is 0.188 e. The molecule has 0 saturated heterocycles. The number of benzene rings is 2. The minimum Gasteiger partial charge on any atom is -0.349 e. The number of halogens is 3. The molecule has 158 valence electrons. The maximum absolute atomic E-state index is 14.8. The highest BCUT2D eigenvalue weighted by Crippen LogP contribution is 2.49. The van der Waals surface area contributed by atoms with Crippen molar-refractivity contribution in [2.24, 2.45) is 5.92 Å². The van der Waals surface area contributed by atoms with Gasteiger partial charge in [0.05, 0.1) is 4.90 Å². The smallest absolute Gasteiger partial charge is 0.188 e. The summed E-state index contributed by atoms with van der Waals surface area (Å²) in [7, 11) is -4.01. The monoisotopic (exact) mass is 450 g/mol. The summed E-state index contributed by atoms with van der Waals surface area (Å²) in [4.78, 5) is 7.36. The van der Waals surface area contributed by atoms with Crippen LogP contribution in [0.2, 0.25) is 5.02 Å². The van der Waals surface area contributed by atoms with E-state index in [0.29, 0.717) is 24.3 Å². The van der Waals surface area contributed by atoms with Gasteiger partial charge in [0.15, 0.2) is 9.84 Å². The highest BCUT2D eigenvalue weighted by molar-refractivity contribution is 7.92. The first-order valence-electron chi connectivity index (χ1n) is 9.76. The van der Waals surface area contributed by atoms with E-state index in [0.717, 1.165) is 24.0 Å². The summed E-state index contributed by atoms with van der Waals surface area (Å²) in [5, 5.41) is 0.405. The van der Waals surface area contributed by atoms with Crippen molar-refractivity contribution in [3.8, 4) is 0 Å². The van der Waals surface area contributed by atoms with Crippen LogP contribution < -0.4 is 0 Å². The van der Waals surface area contributed by atoms with Gasteiger partial charge in [0.2, 0.25) is 0 Å². The van der Waals surface area contributed by atoms with Gasteiger partial charge in [0.1, 0.15) is 22.2 Å². The van der Waals surface area contributed by atoms with Crippen LogP contribution in [0.5, 0.6) is 0 Å². The summed E-state index contributed by atoms with van der Waals surface area (Å²) in [5.41, 5.74) is -0.103. The first-order valence-corrected chi connectivity index (χ1v) is 11.6. The number of aromatic nitrogens is 2. The highest BCUT2D eigenvalue weighted by Gasteiger charge is 2.50. The highest BCUT2D eigenvalue weighted by atomic mass is 35.5. The number of aromatic amines is 1. The number of nitrogens with one attached hydrogen (secondary N) is 1. The standard InChI is InChI=1S/C22H21ClF2N2O2S/c23-16-1-4-18(5-2-16)30(28,29)22(19-14-17(24)3-6-20(19)25)9-7-15(8-10-22)13-21-26-11-12-27-21/h1-6,11-12,14-15H,7-10,13H2,(H,26,27). The SMILES string of the molecule is O=S(=O)(c1ccc(Cl)cc1)C1(c2cc(F)ccc2F)CCC(Cc2ncc[nH]2)CC1. The second-order valence-corrected chi connectivity index (χ2v) is 10.5. The Morgan fingerprint density at radius 3 is 2.43 bits per heavy atom. The topological polar surface area (TPSA) is 62.8 Å². The Bertz CT molecular complexity index is 1120. The number of imidazole rings is 1. The molecule has 0 bridgehead atoms. The molecule has 4 rings (SSSR count). The van der Waals surface area contributed by atoms with Crippen molar-refractivity contribution in [3.05, 3.63) is 82.9 Å². The summed E-state index contributed by atoms with van der Waals surface area (Å²) in [5.74, 6) is -0.320. The lowest BCUT2D eigenvalue weighted by Crippen LogP contribution is -2.41. The van der Waals surface area contributed by atoms with Gasteiger partial charge in [0, 0.05) is 29.4 Å². The Balaban J connectivity index is 1.75. The van der Waals surface area contributed by atoms with E-state index in [4.69, 9.17) is 11.6 Å². The molecule has 0 unspecified atom stereocenters. The Hall–Kier alpha value is -2.25. The van der Waals surface area contributed by atoms with Crippen molar-refractivity contribution in [1.29, 1.82) is 0 Å². The van der Waals surface area contributed by atoms with Crippen molar-refractivity contribution in [3.63, 3.8) is 0 Å². The van der Waals surface area contributed by atoms with E-state index in [1.807, 2.05) is 0 Å². The largest absolute Gasteiger partial charge is 0.349 e. The molecule has 30 heavy (non-hydrogen) atoms. The minimum absolute atomic E-state index is 0.0556. The molecule has 0 spiro atoms. The van der Waals surface area contributed by atoms with Crippen LogP contribution in [-0.4, -0.2) is 18.4 Å². The van der Waals surface area contributed by atoms with E-state index < -0.39 is 26.2 Å². The second-order valence-electron chi connectivity index (χ2n) is 7.76. The first kappa shape index (κ1) is 21.0. The molecule has 2 aromatic carbocycles. The van der Waals surface area contributed by atoms with E-state index >= 15 is 0 Å². The third-order valence-electron chi connectivity index (χ3n) is 6.01. The summed E-state index contributed by atoms with van der Waals surface area (Å²) in [6.07, 6.45) is 5.63. The van der Waals surface area contributed by atoms with Crippen molar-refractivity contribution >= 4 is 21.4 Å². The average Bonchev–Trinajstić information content (AvgIpc) is 3.24. The summed E-state index contributed by atoms with van der Waals surface area (Å²) >= 11 is 5.92. The number of sulfone groups is 1. The zero-order valence-corrected chi connectivity index (χ0v) is 17.7. The van der Waals surface area contributed by atoms with Gasteiger partial charge >= 0.3 is 0 Å². The van der Waals surface area contributed by atoms with Crippen LogP contribution in [0.4, 0.5) is 8.78 Å². The molecule has 3 aromatic rings. The molecule has 1 aliphatic rings. The lowest BCUT2D eigenvalue weighted by atomic mass is 9.76. The molecule has 0 amide bonds.